The fourth-order valence-electron chi connectivity index (χ4n) is 2.82. The van der Waals surface area contributed by atoms with E-state index in [0.29, 0.717) is 30.8 Å². The molecule has 23 heavy (non-hydrogen) atoms. The van der Waals surface area contributed by atoms with Gasteiger partial charge < -0.3 is 5.32 Å². The van der Waals surface area contributed by atoms with Gasteiger partial charge in [-0.25, -0.2) is 8.42 Å². The number of nitrogens with zero attached hydrogens (tertiary/aromatic N) is 1. The summed E-state index contributed by atoms with van der Waals surface area (Å²) in [6, 6.07) is 5.42. The highest BCUT2D eigenvalue weighted by Crippen LogP contribution is 2.26. The second kappa shape index (κ2) is 7.27. The summed E-state index contributed by atoms with van der Waals surface area (Å²) in [5.41, 5.74) is 1.64. The van der Waals surface area contributed by atoms with Crippen LogP contribution >= 0.6 is 0 Å². The Kier molecular flexibility index (Phi) is 5.59. The molecule has 1 aliphatic heterocycles. The number of amides is 1. The summed E-state index contributed by atoms with van der Waals surface area (Å²) in [5, 5.41) is 2.76. The van der Waals surface area contributed by atoms with Crippen molar-refractivity contribution in [3.05, 3.63) is 42.0 Å². The van der Waals surface area contributed by atoms with E-state index >= 15 is 0 Å². The summed E-state index contributed by atoms with van der Waals surface area (Å²) < 4.78 is 27.3. The van der Waals surface area contributed by atoms with Crippen LogP contribution in [0.25, 0.3) is 0 Å². The van der Waals surface area contributed by atoms with Crippen LogP contribution in [0.2, 0.25) is 0 Å². The van der Waals surface area contributed by atoms with Gasteiger partial charge in [0.1, 0.15) is 0 Å². The van der Waals surface area contributed by atoms with Gasteiger partial charge in [0.2, 0.25) is 15.9 Å². The molecule has 1 unspecified atom stereocenters. The van der Waals surface area contributed by atoms with E-state index < -0.39 is 10.0 Å². The molecule has 1 amide bonds. The molecule has 0 aliphatic carbocycles. The highest BCUT2D eigenvalue weighted by Gasteiger charge is 2.33. The van der Waals surface area contributed by atoms with E-state index in [1.807, 2.05) is 19.1 Å². The first kappa shape index (κ1) is 17.7. The van der Waals surface area contributed by atoms with Crippen LogP contribution in [0.1, 0.15) is 24.0 Å². The molecular formula is C17H24N2O3S. The van der Waals surface area contributed by atoms with E-state index in [1.54, 1.807) is 19.1 Å². The zero-order chi connectivity index (χ0) is 17.0. The monoisotopic (exact) mass is 336 g/mol. The molecule has 5 nitrogen and oxygen atoms in total. The summed E-state index contributed by atoms with van der Waals surface area (Å²) in [4.78, 5) is 12.4. The Bertz CT molecular complexity index is 698. The molecule has 0 radical (unpaired) electrons. The van der Waals surface area contributed by atoms with Crippen molar-refractivity contribution in [1.82, 2.24) is 9.62 Å². The molecule has 0 saturated carbocycles. The molecule has 0 aromatic heterocycles. The standard InChI is InChI=1S/C17H24N2O3S/c1-4-9-18-17(20)15-6-5-10-19(12-15)23(21,22)16-11-13(2)7-8-14(16)3/h4,7-8,11,15H,1,5-6,9-10,12H2,2-3H3,(H,18,20). The fraction of sp³-hybridized carbons (Fsp3) is 0.471. The van der Waals surface area contributed by atoms with Gasteiger partial charge in [0.15, 0.2) is 0 Å². The maximum Gasteiger partial charge on any atom is 0.243 e. The normalized spacial score (nSPS) is 19.3. The minimum Gasteiger partial charge on any atom is -0.352 e. The Morgan fingerprint density at radius 1 is 1.43 bits per heavy atom. The molecular weight excluding hydrogens is 312 g/mol. The van der Waals surface area contributed by atoms with Crippen LogP contribution in [0.15, 0.2) is 35.7 Å². The topological polar surface area (TPSA) is 66.5 Å². The van der Waals surface area contributed by atoms with Gasteiger partial charge in [0.25, 0.3) is 0 Å². The van der Waals surface area contributed by atoms with E-state index in [4.69, 9.17) is 0 Å². The lowest BCUT2D eigenvalue weighted by Crippen LogP contribution is -2.45. The van der Waals surface area contributed by atoms with Crippen molar-refractivity contribution in [1.29, 1.82) is 0 Å². The maximum atomic E-state index is 12.9. The molecule has 6 heteroatoms. The van der Waals surface area contributed by atoms with Crippen LogP contribution in [0.4, 0.5) is 0 Å². The van der Waals surface area contributed by atoms with Gasteiger partial charge in [-0.2, -0.15) is 4.31 Å². The van der Waals surface area contributed by atoms with Crippen LogP contribution in [0.3, 0.4) is 0 Å². The van der Waals surface area contributed by atoms with Crippen molar-refractivity contribution in [3.63, 3.8) is 0 Å². The number of aryl methyl sites for hydroxylation is 2. The number of nitrogens with one attached hydrogen (secondary N) is 1. The molecule has 1 aromatic carbocycles. The lowest BCUT2D eigenvalue weighted by atomic mass is 9.99. The second-order valence-electron chi connectivity index (χ2n) is 6.00. The number of piperidine rings is 1. The van der Waals surface area contributed by atoms with Crippen molar-refractivity contribution in [3.8, 4) is 0 Å². The van der Waals surface area contributed by atoms with Crippen LogP contribution in [-0.4, -0.2) is 38.3 Å². The van der Waals surface area contributed by atoms with Gasteiger partial charge in [-0.3, -0.25) is 4.79 Å². The Labute approximate surface area is 138 Å². The third-order valence-electron chi connectivity index (χ3n) is 4.14. The van der Waals surface area contributed by atoms with Gasteiger partial charge in [0.05, 0.1) is 10.8 Å². The van der Waals surface area contributed by atoms with Crippen molar-refractivity contribution >= 4 is 15.9 Å². The van der Waals surface area contributed by atoms with Crippen molar-refractivity contribution < 1.29 is 13.2 Å². The molecule has 2 rings (SSSR count). The van der Waals surface area contributed by atoms with Crippen molar-refractivity contribution in [2.45, 2.75) is 31.6 Å². The average Bonchev–Trinajstić information content (AvgIpc) is 2.54. The second-order valence-corrected chi connectivity index (χ2v) is 7.91. The van der Waals surface area contributed by atoms with Crippen molar-refractivity contribution in [2.24, 2.45) is 5.92 Å². The molecule has 1 saturated heterocycles. The first-order valence-corrected chi connectivity index (χ1v) is 9.26. The molecule has 0 spiro atoms. The van der Waals surface area contributed by atoms with Crippen LogP contribution in [0.5, 0.6) is 0 Å². The van der Waals surface area contributed by atoms with Gasteiger partial charge in [-0.1, -0.05) is 18.2 Å². The van der Waals surface area contributed by atoms with Gasteiger partial charge >= 0.3 is 0 Å². The van der Waals surface area contributed by atoms with E-state index in [1.165, 1.54) is 4.31 Å². The molecule has 1 aromatic rings. The molecule has 1 aliphatic rings. The predicted octanol–water partition coefficient (Wildman–Crippen LogP) is 2.01. The zero-order valence-electron chi connectivity index (χ0n) is 13.7. The lowest BCUT2D eigenvalue weighted by Gasteiger charge is -2.31. The first-order chi connectivity index (χ1) is 10.9. The average molecular weight is 336 g/mol. The Hall–Kier alpha value is -1.66. The third-order valence-corrected chi connectivity index (χ3v) is 6.14. The quantitative estimate of drug-likeness (QED) is 0.837. The predicted molar refractivity (Wildman–Crippen MR) is 90.6 cm³/mol. The minimum absolute atomic E-state index is 0.106. The summed E-state index contributed by atoms with van der Waals surface area (Å²) in [6.45, 7) is 8.34. The zero-order valence-corrected chi connectivity index (χ0v) is 14.5. The van der Waals surface area contributed by atoms with Gasteiger partial charge in [-0.05, 0) is 43.9 Å². The lowest BCUT2D eigenvalue weighted by molar-refractivity contribution is -0.125. The number of rotatable bonds is 5. The van der Waals surface area contributed by atoms with E-state index in [-0.39, 0.29) is 18.4 Å². The largest absolute Gasteiger partial charge is 0.352 e. The minimum atomic E-state index is -3.57. The molecule has 1 heterocycles. The number of carbonyl (C=O) groups excluding carboxylic acids is 1. The van der Waals surface area contributed by atoms with E-state index in [2.05, 4.69) is 11.9 Å². The number of hydrogen-bond acceptors (Lipinski definition) is 3. The van der Waals surface area contributed by atoms with Crippen molar-refractivity contribution in [2.75, 3.05) is 19.6 Å². The molecule has 126 valence electrons. The number of carbonyl (C=O) groups is 1. The Balaban J connectivity index is 2.21. The molecule has 1 atom stereocenters. The maximum absolute atomic E-state index is 12.9. The summed E-state index contributed by atoms with van der Waals surface area (Å²) in [5.74, 6) is -0.408. The van der Waals surface area contributed by atoms with E-state index in [9.17, 15) is 13.2 Å². The van der Waals surface area contributed by atoms with Crippen LogP contribution < -0.4 is 5.32 Å². The molecule has 1 fully saturated rings. The number of benzene rings is 1. The third kappa shape index (κ3) is 4.00. The summed E-state index contributed by atoms with van der Waals surface area (Å²) in [6.07, 6.45) is 3.02. The smallest absolute Gasteiger partial charge is 0.243 e. The summed E-state index contributed by atoms with van der Waals surface area (Å²) in [7, 11) is -3.57. The Morgan fingerprint density at radius 2 is 2.17 bits per heavy atom. The summed E-state index contributed by atoms with van der Waals surface area (Å²) >= 11 is 0. The van der Waals surface area contributed by atoms with E-state index in [0.717, 1.165) is 11.1 Å². The van der Waals surface area contributed by atoms with Gasteiger partial charge in [0, 0.05) is 19.6 Å². The fourth-order valence-corrected chi connectivity index (χ4v) is 4.65. The van der Waals surface area contributed by atoms with Crippen LogP contribution in [-0.2, 0) is 14.8 Å². The SMILES string of the molecule is C=CCNC(=O)C1CCCN(S(=O)(=O)c2cc(C)ccc2C)C1. The first-order valence-electron chi connectivity index (χ1n) is 7.82. The number of hydrogen-bond donors (Lipinski definition) is 1. The highest BCUT2D eigenvalue weighted by molar-refractivity contribution is 7.89. The van der Waals surface area contributed by atoms with Gasteiger partial charge in [-0.15, -0.1) is 6.58 Å². The highest BCUT2D eigenvalue weighted by atomic mass is 32.2. The molecule has 1 N–H and O–H groups in total. The molecule has 0 bridgehead atoms. The Morgan fingerprint density at radius 3 is 2.87 bits per heavy atom. The number of sulfonamides is 1. The van der Waals surface area contributed by atoms with Crippen LogP contribution in [0, 0.1) is 19.8 Å².